The van der Waals surface area contributed by atoms with Crippen LogP contribution in [0.25, 0.3) is 0 Å². The van der Waals surface area contributed by atoms with Crippen molar-refractivity contribution in [1.82, 2.24) is 15.1 Å². The molecule has 1 saturated heterocycles. The summed E-state index contributed by atoms with van der Waals surface area (Å²) in [5.41, 5.74) is 0.130. The zero-order valence-electron chi connectivity index (χ0n) is 12.6. The minimum absolute atomic E-state index is 0.130. The molecule has 112 valence electrons. The van der Waals surface area contributed by atoms with Crippen molar-refractivity contribution in [3.8, 4) is 0 Å². The van der Waals surface area contributed by atoms with Gasteiger partial charge >= 0.3 is 0 Å². The van der Waals surface area contributed by atoms with Crippen LogP contribution in [0.1, 0.15) is 26.7 Å². The molecule has 1 aliphatic heterocycles. The number of likely N-dealkylation sites (N-methyl/N-ethyl adjacent to an activating group) is 1. The van der Waals surface area contributed by atoms with E-state index in [2.05, 4.69) is 31.1 Å². The molecule has 0 aliphatic carbocycles. The summed E-state index contributed by atoms with van der Waals surface area (Å²) in [6.07, 6.45) is 1.79. The fourth-order valence-corrected chi connectivity index (χ4v) is 2.32. The monoisotopic (exact) mass is 271 g/mol. The van der Waals surface area contributed by atoms with Crippen molar-refractivity contribution in [2.75, 3.05) is 52.9 Å². The van der Waals surface area contributed by atoms with Gasteiger partial charge in [-0.05, 0) is 25.3 Å². The number of nitrogens with zero attached hydrogens (tertiary/aromatic N) is 2. The number of hydrogen-bond donors (Lipinski definition) is 2. The van der Waals surface area contributed by atoms with Crippen LogP contribution in [0.2, 0.25) is 0 Å². The van der Waals surface area contributed by atoms with Gasteiger partial charge in [0.1, 0.15) is 0 Å². The molecule has 0 bridgehead atoms. The van der Waals surface area contributed by atoms with Crippen molar-refractivity contribution in [1.29, 1.82) is 0 Å². The number of aliphatic hydroxyl groups is 1. The molecule has 5 nitrogen and oxygen atoms in total. The molecule has 0 aromatic rings. The number of carbonyl (C=O) groups is 1. The third-order valence-electron chi connectivity index (χ3n) is 3.75. The Morgan fingerprint density at radius 3 is 2.47 bits per heavy atom. The first-order valence-corrected chi connectivity index (χ1v) is 7.22. The standard InChI is InChI=1S/C14H29N3O2/c1-14(2,5-4-10-18)12-15-11-13(19)17-8-6-16(3)7-9-17/h15,18H,4-12H2,1-3H3. The van der Waals surface area contributed by atoms with Gasteiger partial charge < -0.3 is 20.2 Å². The van der Waals surface area contributed by atoms with Crippen molar-refractivity contribution in [3.63, 3.8) is 0 Å². The molecule has 0 aromatic heterocycles. The number of piperazine rings is 1. The smallest absolute Gasteiger partial charge is 0.236 e. The fourth-order valence-electron chi connectivity index (χ4n) is 2.32. The summed E-state index contributed by atoms with van der Waals surface area (Å²) in [7, 11) is 2.09. The summed E-state index contributed by atoms with van der Waals surface area (Å²) in [6.45, 7) is 9.41. The molecule has 0 aromatic carbocycles. The van der Waals surface area contributed by atoms with Gasteiger partial charge in [-0.25, -0.2) is 0 Å². The topological polar surface area (TPSA) is 55.8 Å². The van der Waals surface area contributed by atoms with E-state index in [4.69, 9.17) is 5.11 Å². The molecule has 0 saturated carbocycles. The van der Waals surface area contributed by atoms with Gasteiger partial charge in [0.2, 0.25) is 5.91 Å². The van der Waals surface area contributed by atoms with E-state index in [1.54, 1.807) is 0 Å². The molecule has 1 amide bonds. The van der Waals surface area contributed by atoms with Gasteiger partial charge in [-0.1, -0.05) is 13.8 Å². The first kappa shape index (κ1) is 16.4. The molecule has 0 atom stereocenters. The molecule has 1 rings (SSSR count). The number of hydrogen-bond acceptors (Lipinski definition) is 4. The van der Waals surface area contributed by atoms with Crippen molar-refractivity contribution in [2.45, 2.75) is 26.7 Å². The Bertz CT molecular complexity index is 274. The molecular formula is C14H29N3O2. The van der Waals surface area contributed by atoms with Crippen LogP contribution < -0.4 is 5.32 Å². The quantitative estimate of drug-likeness (QED) is 0.692. The first-order valence-electron chi connectivity index (χ1n) is 7.22. The van der Waals surface area contributed by atoms with Gasteiger partial charge in [0.15, 0.2) is 0 Å². The second-order valence-electron chi connectivity index (χ2n) is 6.28. The predicted octanol–water partition coefficient (Wildman–Crippen LogP) is 0.149. The van der Waals surface area contributed by atoms with E-state index in [-0.39, 0.29) is 17.9 Å². The Morgan fingerprint density at radius 2 is 1.89 bits per heavy atom. The second kappa shape index (κ2) is 7.82. The zero-order valence-corrected chi connectivity index (χ0v) is 12.6. The van der Waals surface area contributed by atoms with Crippen molar-refractivity contribution in [3.05, 3.63) is 0 Å². The largest absolute Gasteiger partial charge is 0.396 e. The van der Waals surface area contributed by atoms with Crippen LogP contribution in [0, 0.1) is 5.41 Å². The van der Waals surface area contributed by atoms with Gasteiger partial charge in [-0.15, -0.1) is 0 Å². The van der Waals surface area contributed by atoms with E-state index in [0.717, 1.165) is 45.6 Å². The Hall–Kier alpha value is -0.650. The van der Waals surface area contributed by atoms with Crippen molar-refractivity contribution < 1.29 is 9.90 Å². The van der Waals surface area contributed by atoms with Crippen LogP contribution in [-0.2, 0) is 4.79 Å². The molecule has 0 radical (unpaired) electrons. The molecular weight excluding hydrogens is 242 g/mol. The maximum atomic E-state index is 12.0. The van der Waals surface area contributed by atoms with Gasteiger partial charge in [-0.3, -0.25) is 4.79 Å². The Morgan fingerprint density at radius 1 is 1.26 bits per heavy atom. The molecule has 1 aliphatic rings. The molecule has 1 heterocycles. The highest BCUT2D eigenvalue weighted by molar-refractivity contribution is 5.78. The minimum Gasteiger partial charge on any atom is -0.396 e. The van der Waals surface area contributed by atoms with Crippen LogP contribution in [0.3, 0.4) is 0 Å². The maximum absolute atomic E-state index is 12.0. The van der Waals surface area contributed by atoms with Gasteiger partial charge in [0, 0.05) is 39.3 Å². The van der Waals surface area contributed by atoms with Crippen molar-refractivity contribution in [2.24, 2.45) is 5.41 Å². The summed E-state index contributed by atoms with van der Waals surface area (Å²) in [6, 6.07) is 0. The van der Waals surface area contributed by atoms with E-state index >= 15 is 0 Å². The molecule has 19 heavy (non-hydrogen) atoms. The summed E-state index contributed by atoms with van der Waals surface area (Å²) in [4.78, 5) is 16.2. The maximum Gasteiger partial charge on any atom is 0.236 e. The van der Waals surface area contributed by atoms with Crippen molar-refractivity contribution >= 4 is 5.91 Å². The third-order valence-corrected chi connectivity index (χ3v) is 3.75. The molecule has 0 spiro atoms. The highest BCUT2D eigenvalue weighted by Crippen LogP contribution is 2.20. The Kier molecular flexibility index (Phi) is 6.75. The Labute approximate surface area is 117 Å². The summed E-state index contributed by atoms with van der Waals surface area (Å²) in [5.74, 6) is 0.200. The van der Waals surface area contributed by atoms with E-state index in [0.29, 0.717) is 6.54 Å². The summed E-state index contributed by atoms with van der Waals surface area (Å²) in [5, 5.41) is 12.1. The van der Waals surface area contributed by atoms with Crippen LogP contribution in [0.15, 0.2) is 0 Å². The average Bonchev–Trinajstić information content (AvgIpc) is 2.37. The zero-order chi connectivity index (χ0) is 14.3. The van der Waals surface area contributed by atoms with Gasteiger partial charge in [0.25, 0.3) is 0 Å². The van der Waals surface area contributed by atoms with E-state index in [1.165, 1.54) is 0 Å². The third kappa shape index (κ3) is 6.36. The summed E-state index contributed by atoms with van der Waals surface area (Å²) < 4.78 is 0. The number of amides is 1. The number of carbonyl (C=O) groups excluding carboxylic acids is 1. The highest BCUT2D eigenvalue weighted by Gasteiger charge is 2.20. The number of rotatable bonds is 7. The number of aliphatic hydroxyl groups excluding tert-OH is 1. The van der Waals surface area contributed by atoms with Gasteiger partial charge in [-0.2, -0.15) is 0 Å². The summed E-state index contributed by atoms with van der Waals surface area (Å²) >= 11 is 0. The van der Waals surface area contributed by atoms with E-state index < -0.39 is 0 Å². The van der Waals surface area contributed by atoms with E-state index in [1.807, 2.05) is 4.90 Å². The lowest BCUT2D eigenvalue weighted by molar-refractivity contribution is -0.131. The normalized spacial score (nSPS) is 17.8. The van der Waals surface area contributed by atoms with Gasteiger partial charge in [0.05, 0.1) is 6.54 Å². The molecule has 2 N–H and O–H groups in total. The first-order chi connectivity index (χ1) is 8.94. The minimum atomic E-state index is 0.130. The SMILES string of the molecule is CN1CCN(C(=O)CNCC(C)(C)CCCO)CC1. The predicted molar refractivity (Wildman–Crippen MR) is 77.0 cm³/mol. The lowest BCUT2D eigenvalue weighted by Gasteiger charge is -2.33. The fraction of sp³-hybridized carbons (Fsp3) is 0.929. The van der Waals surface area contributed by atoms with Crippen LogP contribution >= 0.6 is 0 Å². The molecule has 0 unspecified atom stereocenters. The molecule has 1 fully saturated rings. The van der Waals surface area contributed by atoms with Crippen LogP contribution in [0.4, 0.5) is 0 Å². The average molecular weight is 271 g/mol. The lowest BCUT2D eigenvalue weighted by Crippen LogP contribution is -2.50. The van der Waals surface area contributed by atoms with Crippen LogP contribution in [-0.4, -0.2) is 73.7 Å². The lowest BCUT2D eigenvalue weighted by atomic mass is 9.88. The number of nitrogens with one attached hydrogen (secondary N) is 1. The molecule has 5 heteroatoms. The second-order valence-corrected chi connectivity index (χ2v) is 6.28. The van der Waals surface area contributed by atoms with E-state index in [9.17, 15) is 4.79 Å². The van der Waals surface area contributed by atoms with Crippen LogP contribution in [0.5, 0.6) is 0 Å². The Balaban J connectivity index is 2.19. The highest BCUT2D eigenvalue weighted by atomic mass is 16.2.